The maximum Gasteiger partial charge on any atom is 0.134 e. The van der Waals surface area contributed by atoms with Gasteiger partial charge in [0.2, 0.25) is 0 Å². The van der Waals surface area contributed by atoms with E-state index in [1.807, 2.05) is 6.07 Å². The summed E-state index contributed by atoms with van der Waals surface area (Å²) in [6.45, 7) is 9.52. The summed E-state index contributed by atoms with van der Waals surface area (Å²) in [6, 6.07) is 1.99. The molecule has 0 amide bonds. The first-order valence-corrected chi connectivity index (χ1v) is 6.96. The fourth-order valence-corrected chi connectivity index (χ4v) is 2.13. The molecule has 1 fully saturated rings. The van der Waals surface area contributed by atoms with Crippen molar-refractivity contribution in [1.29, 1.82) is 0 Å². The molecular weight excluding hydrogens is 242 g/mol. The van der Waals surface area contributed by atoms with Crippen LogP contribution in [-0.4, -0.2) is 55.4 Å². The van der Waals surface area contributed by atoms with Crippen LogP contribution in [0.25, 0.3) is 0 Å². The molecule has 1 aromatic rings. The van der Waals surface area contributed by atoms with Gasteiger partial charge in [-0.15, -0.1) is 0 Å². The fraction of sp³-hybridized carbons (Fsp3) is 0.692. The third-order valence-electron chi connectivity index (χ3n) is 3.26. The number of ether oxygens (including phenoxy) is 1. The van der Waals surface area contributed by atoms with Crippen LogP contribution in [0.5, 0.6) is 0 Å². The number of hydrogen-bond acceptors (Lipinski definition) is 6. The largest absolute Gasteiger partial charge is 0.374 e. The molecule has 1 atom stereocenters. The van der Waals surface area contributed by atoms with Gasteiger partial charge in [0.15, 0.2) is 0 Å². The summed E-state index contributed by atoms with van der Waals surface area (Å²) in [6.07, 6.45) is 1.82. The third kappa shape index (κ3) is 4.04. The van der Waals surface area contributed by atoms with E-state index in [2.05, 4.69) is 39.3 Å². The van der Waals surface area contributed by atoms with Crippen LogP contribution >= 0.6 is 0 Å². The predicted octanol–water partition coefficient (Wildman–Crippen LogP) is 0.723. The van der Waals surface area contributed by atoms with Crippen LogP contribution in [0, 0.1) is 0 Å². The lowest BCUT2D eigenvalue weighted by molar-refractivity contribution is 0.0372. The maximum atomic E-state index is 5.64. The van der Waals surface area contributed by atoms with Crippen LogP contribution in [0.3, 0.4) is 0 Å². The molecule has 2 N–H and O–H groups in total. The smallest absolute Gasteiger partial charge is 0.134 e. The quantitative estimate of drug-likeness (QED) is 0.790. The maximum absolute atomic E-state index is 5.64. The van der Waals surface area contributed by atoms with Crippen LogP contribution in [0.1, 0.15) is 13.8 Å². The van der Waals surface area contributed by atoms with E-state index in [-0.39, 0.29) is 6.10 Å². The van der Waals surface area contributed by atoms with Gasteiger partial charge in [-0.05, 0) is 13.8 Å². The summed E-state index contributed by atoms with van der Waals surface area (Å²) in [7, 11) is 0. The van der Waals surface area contributed by atoms with E-state index in [1.54, 1.807) is 6.33 Å². The second-order valence-electron chi connectivity index (χ2n) is 4.51. The van der Waals surface area contributed by atoms with E-state index in [9.17, 15) is 0 Å². The molecule has 6 heteroatoms. The van der Waals surface area contributed by atoms with E-state index in [0.29, 0.717) is 0 Å². The first kappa shape index (κ1) is 14.0. The van der Waals surface area contributed by atoms with E-state index in [1.165, 1.54) is 0 Å². The zero-order valence-corrected chi connectivity index (χ0v) is 11.7. The van der Waals surface area contributed by atoms with Crippen molar-refractivity contribution >= 4 is 11.6 Å². The molecule has 0 aromatic carbocycles. The normalized spacial score (nSPS) is 19.2. The Labute approximate surface area is 114 Å². The lowest BCUT2D eigenvalue weighted by Gasteiger charge is -2.24. The molecule has 1 aromatic heterocycles. The molecule has 1 unspecified atom stereocenters. The van der Waals surface area contributed by atoms with Gasteiger partial charge in [-0.3, -0.25) is 0 Å². The molecule has 1 aliphatic rings. The lowest BCUT2D eigenvalue weighted by atomic mass is 10.3. The highest BCUT2D eigenvalue weighted by Crippen LogP contribution is 2.13. The van der Waals surface area contributed by atoms with Crippen molar-refractivity contribution in [3.63, 3.8) is 0 Å². The highest BCUT2D eigenvalue weighted by molar-refractivity contribution is 5.48. The summed E-state index contributed by atoms with van der Waals surface area (Å²) in [5.74, 6) is 1.82. The van der Waals surface area contributed by atoms with Crippen molar-refractivity contribution in [3.05, 3.63) is 12.4 Å². The Bertz CT molecular complexity index is 377. The molecule has 106 valence electrons. The summed E-state index contributed by atoms with van der Waals surface area (Å²) in [5, 5.41) is 6.63. The number of aromatic nitrogens is 2. The molecule has 0 spiro atoms. The minimum absolute atomic E-state index is 0.209. The Morgan fingerprint density at radius 1 is 1.42 bits per heavy atom. The van der Waals surface area contributed by atoms with Crippen LogP contribution < -0.4 is 15.5 Å². The third-order valence-corrected chi connectivity index (χ3v) is 3.26. The first-order valence-electron chi connectivity index (χ1n) is 6.96. The molecule has 0 saturated carbocycles. The van der Waals surface area contributed by atoms with Gasteiger partial charge in [0.1, 0.15) is 18.0 Å². The van der Waals surface area contributed by atoms with Crippen LogP contribution in [0.2, 0.25) is 0 Å². The van der Waals surface area contributed by atoms with Crippen LogP contribution in [-0.2, 0) is 4.74 Å². The Kier molecular flexibility index (Phi) is 5.35. The number of hydrogen-bond donors (Lipinski definition) is 2. The van der Waals surface area contributed by atoms with Gasteiger partial charge in [-0.2, -0.15) is 0 Å². The first-order chi connectivity index (χ1) is 9.33. The summed E-state index contributed by atoms with van der Waals surface area (Å²) >= 11 is 0. The summed E-state index contributed by atoms with van der Waals surface area (Å²) in [5.41, 5.74) is 0. The zero-order chi connectivity index (χ0) is 13.5. The fourth-order valence-electron chi connectivity index (χ4n) is 2.13. The SMILES string of the molecule is CCN(CC)c1cc(NCC2CNCCO2)ncn1. The monoisotopic (exact) mass is 265 g/mol. The van der Waals surface area contributed by atoms with Crippen molar-refractivity contribution in [2.75, 3.05) is 49.5 Å². The summed E-state index contributed by atoms with van der Waals surface area (Å²) < 4.78 is 5.64. The second-order valence-corrected chi connectivity index (χ2v) is 4.51. The minimum Gasteiger partial charge on any atom is -0.374 e. The number of rotatable bonds is 6. The van der Waals surface area contributed by atoms with Crippen LogP contribution in [0.4, 0.5) is 11.6 Å². The lowest BCUT2D eigenvalue weighted by Crippen LogP contribution is -2.42. The average Bonchev–Trinajstić information content (AvgIpc) is 2.48. The minimum atomic E-state index is 0.209. The van der Waals surface area contributed by atoms with Crippen molar-refractivity contribution < 1.29 is 4.74 Å². The Morgan fingerprint density at radius 3 is 2.95 bits per heavy atom. The Balaban J connectivity index is 1.90. The van der Waals surface area contributed by atoms with Gasteiger partial charge in [-0.1, -0.05) is 0 Å². The van der Waals surface area contributed by atoms with Gasteiger partial charge < -0.3 is 20.3 Å². The van der Waals surface area contributed by atoms with Crippen molar-refractivity contribution in [1.82, 2.24) is 15.3 Å². The molecule has 1 aliphatic heterocycles. The highest BCUT2D eigenvalue weighted by atomic mass is 16.5. The van der Waals surface area contributed by atoms with E-state index >= 15 is 0 Å². The molecule has 0 bridgehead atoms. The van der Waals surface area contributed by atoms with E-state index in [4.69, 9.17) is 4.74 Å². The Hall–Kier alpha value is -1.40. The second kappa shape index (κ2) is 7.25. The number of nitrogens with zero attached hydrogens (tertiary/aromatic N) is 3. The highest BCUT2D eigenvalue weighted by Gasteiger charge is 2.13. The van der Waals surface area contributed by atoms with Gasteiger partial charge in [-0.25, -0.2) is 9.97 Å². The molecule has 19 heavy (non-hydrogen) atoms. The standard InChI is InChI=1S/C13H23N5O/c1-3-18(4-2)13-7-12(16-10-17-13)15-9-11-8-14-5-6-19-11/h7,10-11,14H,3-6,8-9H2,1-2H3,(H,15,16,17). The van der Waals surface area contributed by atoms with E-state index < -0.39 is 0 Å². The topological polar surface area (TPSA) is 62.3 Å². The molecule has 1 saturated heterocycles. The van der Waals surface area contributed by atoms with Gasteiger partial charge in [0, 0.05) is 38.8 Å². The molecule has 6 nitrogen and oxygen atoms in total. The summed E-state index contributed by atoms with van der Waals surface area (Å²) in [4.78, 5) is 10.8. The average molecular weight is 265 g/mol. The Morgan fingerprint density at radius 2 is 2.26 bits per heavy atom. The molecule has 2 rings (SSSR count). The van der Waals surface area contributed by atoms with Crippen molar-refractivity contribution in [2.24, 2.45) is 0 Å². The van der Waals surface area contributed by atoms with Gasteiger partial charge in [0.25, 0.3) is 0 Å². The molecular formula is C13H23N5O. The number of nitrogens with one attached hydrogen (secondary N) is 2. The van der Waals surface area contributed by atoms with Crippen LogP contribution in [0.15, 0.2) is 12.4 Å². The molecule has 0 aliphatic carbocycles. The molecule has 0 radical (unpaired) electrons. The molecule has 2 heterocycles. The van der Waals surface area contributed by atoms with Gasteiger partial charge >= 0.3 is 0 Å². The zero-order valence-electron chi connectivity index (χ0n) is 11.7. The van der Waals surface area contributed by atoms with Crippen molar-refractivity contribution in [2.45, 2.75) is 20.0 Å². The number of anilines is 2. The predicted molar refractivity (Wildman–Crippen MR) is 76.7 cm³/mol. The van der Waals surface area contributed by atoms with Gasteiger partial charge in [0.05, 0.1) is 12.7 Å². The number of morpholine rings is 1. The van der Waals surface area contributed by atoms with Crippen molar-refractivity contribution in [3.8, 4) is 0 Å². The van der Waals surface area contributed by atoms with E-state index in [0.717, 1.165) is 51.0 Å².